The summed E-state index contributed by atoms with van der Waals surface area (Å²) in [7, 11) is 0. The second-order valence-electron chi connectivity index (χ2n) is 3.32. The predicted octanol–water partition coefficient (Wildman–Crippen LogP) is 1.45. The van der Waals surface area contributed by atoms with E-state index in [9.17, 15) is 9.59 Å². The summed E-state index contributed by atoms with van der Waals surface area (Å²) < 4.78 is 0. The summed E-state index contributed by atoms with van der Waals surface area (Å²) in [6.45, 7) is 3.89. The summed E-state index contributed by atoms with van der Waals surface area (Å²) in [6.07, 6.45) is 1.69. The van der Waals surface area contributed by atoms with Gasteiger partial charge in [0, 0.05) is 11.6 Å². The largest absolute Gasteiger partial charge is 0.478 e. The van der Waals surface area contributed by atoms with Crippen LogP contribution in [-0.4, -0.2) is 22.3 Å². The molecule has 0 aliphatic carbocycles. The van der Waals surface area contributed by atoms with Crippen LogP contribution < -0.4 is 0 Å². The van der Waals surface area contributed by atoms with Crippen molar-refractivity contribution in [3.63, 3.8) is 0 Å². The fourth-order valence-electron chi connectivity index (χ4n) is 0.885. The van der Waals surface area contributed by atoms with E-state index in [4.69, 9.17) is 10.4 Å². The van der Waals surface area contributed by atoms with Crippen molar-refractivity contribution in [3.8, 4) is 0 Å². The van der Waals surface area contributed by atoms with E-state index >= 15 is 0 Å². The molecule has 0 aromatic carbocycles. The topological polar surface area (TPSA) is 83.8 Å². The van der Waals surface area contributed by atoms with Crippen LogP contribution in [0.1, 0.15) is 26.7 Å². The Kier molecular flexibility index (Phi) is 5.55. The Morgan fingerprint density at radius 1 is 1.43 bits per heavy atom. The zero-order valence-corrected chi connectivity index (χ0v) is 8.19. The first-order valence-electron chi connectivity index (χ1n) is 4.26. The molecule has 0 aromatic heterocycles. The van der Waals surface area contributed by atoms with Crippen LogP contribution >= 0.6 is 0 Å². The van der Waals surface area contributed by atoms with Crippen molar-refractivity contribution >= 4 is 11.9 Å². The molecule has 2 N–H and O–H groups in total. The molecule has 0 heterocycles. The number of hydrogen-bond acceptors (Lipinski definition) is 4. The van der Waals surface area contributed by atoms with Crippen LogP contribution in [-0.2, 0) is 14.5 Å². The molecule has 0 bridgehead atoms. The highest BCUT2D eigenvalue weighted by atomic mass is 17.1. The molecule has 80 valence electrons. The van der Waals surface area contributed by atoms with Crippen LogP contribution in [0, 0.1) is 5.92 Å². The minimum atomic E-state index is -1.23. The standard InChI is InChI=1S/C9H14O5/c1-6(2)3-4-7(5-8(10)11)9(12)14-13/h5-6,13H,3-4H2,1-2H3,(H,10,11). The fraction of sp³-hybridized carbons (Fsp3) is 0.556. The molecular weight excluding hydrogens is 188 g/mol. The molecule has 0 saturated heterocycles. The Hall–Kier alpha value is -1.36. The first-order valence-corrected chi connectivity index (χ1v) is 4.26. The second kappa shape index (κ2) is 6.15. The van der Waals surface area contributed by atoms with E-state index in [0.717, 1.165) is 6.08 Å². The maximum absolute atomic E-state index is 10.9. The van der Waals surface area contributed by atoms with Crippen LogP contribution in [0.4, 0.5) is 0 Å². The number of carboxylic acid groups (broad SMARTS) is 1. The monoisotopic (exact) mass is 202 g/mol. The molecule has 0 amide bonds. The van der Waals surface area contributed by atoms with E-state index in [1.54, 1.807) is 0 Å². The van der Waals surface area contributed by atoms with Crippen LogP contribution in [0.25, 0.3) is 0 Å². The number of hydrogen-bond donors (Lipinski definition) is 2. The highest BCUT2D eigenvalue weighted by molar-refractivity contribution is 5.95. The van der Waals surface area contributed by atoms with Gasteiger partial charge in [0.05, 0.1) is 0 Å². The van der Waals surface area contributed by atoms with E-state index in [0.29, 0.717) is 12.3 Å². The zero-order chi connectivity index (χ0) is 11.1. The van der Waals surface area contributed by atoms with Gasteiger partial charge in [-0.25, -0.2) is 9.59 Å². The van der Waals surface area contributed by atoms with E-state index in [2.05, 4.69) is 4.89 Å². The minimum Gasteiger partial charge on any atom is -0.478 e. The number of aliphatic carboxylic acids is 1. The van der Waals surface area contributed by atoms with Crippen LogP contribution in [0.15, 0.2) is 11.6 Å². The third kappa shape index (κ3) is 5.31. The Bertz CT molecular complexity index is 242. The molecule has 14 heavy (non-hydrogen) atoms. The van der Waals surface area contributed by atoms with Crippen LogP contribution in [0.5, 0.6) is 0 Å². The maximum Gasteiger partial charge on any atom is 0.369 e. The van der Waals surface area contributed by atoms with E-state index in [-0.39, 0.29) is 12.0 Å². The smallest absolute Gasteiger partial charge is 0.369 e. The van der Waals surface area contributed by atoms with Gasteiger partial charge >= 0.3 is 11.9 Å². The molecular formula is C9H14O5. The molecule has 0 aliphatic heterocycles. The molecule has 0 unspecified atom stereocenters. The summed E-state index contributed by atoms with van der Waals surface area (Å²) in [4.78, 5) is 24.6. The lowest BCUT2D eigenvalue weighted by molar-refractivity contribution is -0.229. The van der Waals surface area contributed by atoms with Gasteiger partial charge < -0.3 is 5.11 Å². The number of carboxylic acids is 1. The zero-order valence-electron chi connectivity index (χ0n) is 8.19. The third-order valence-corrected chi connectivity index (χ3v) is 1.63. The first-order chi connectivity index (χ1) is 6.47. The van der Waals surface area contributed by atoms with Crippen molar-refractivity contribution < 1.29 is 24.8 Å². The summed E-state index contributed by atoms with van der Waals surface area (Å²) in [5.41, 5.74) is -0.0336. The molecule has 0 atom stereocenters. The highest BCUT2D eigenvalue weighted by Crippen LogP contribution is 2.12. The Labute approximate surface area is 81.9 Å². The molecule has 0 aromatic rings. The molecule has 5 nitrogen and oxygen atoms in total. The minimum absolute atomic E-state index is 0.0336. The van der Waals surface area contributed by atoms with Gasteiger partial charge in [0.2, 0.25) is 0 Å². The van der Waals surface area contributed by atoms with Crippen LogP contribution in [0.2, 0.25) is 0 Å². The molecule has 0 fully saturated rings. The van der Waals surface area contributed by atoms with E-state index in [1.165, 1.54) is 0 Å². The van der Waals surface area contributed by atoms with Crippen molar-refractivity contribution in [2.24, 2.45) is 5.92 Å². The van der Waals surface area contributed by atoms with Crippen molar-refractivity contribution in [3.05, 3.63) is 11.6 Å². The SMILES string of the molecule is CC(C)CCC(=CC(=O)O)C(=O)OO. The first kappa shape index (κ1) is 12.6. The maximum atomic E-state index is 10.9. The lowest BCUT2D eigenvalue weighted by atomic mass is 10.0. The highest BCUT2D eigenvalue weighted by Gasteiger charge is 2.13. The number of carbonyl (C=O) groups is 2. The fourth-order valence-corrected chi connectivity index (χ4v) is 0.885. The van der Waals surface area contributed by atoms with Gasteiger partial charge in [-0.3, -0.25) is 4.89 Å². The van der Waals surface area contributed by atoms with Crippen LogP contribution in [0.3, 0.4) is 0 Å². The van der Waals surface area contributed by atoms with Gasteiger partial charge in [0.25, 0.3) is 0 Å². The van der Waals surface area contributed by atoms with E-state index < -0.39 is 11.9 Å². The van der Waals surface area contributed by atoms with Crippen molar-refractivity contribution in [1.29, 1.82) is 0 Å². The average molecular weight is 202 g/mol. The van der Waals surface area contributed by atoms with Gasteiger partial charge in [-0.2, -0.15) is 5.26 Å². The van der Waals surface area contributed by atoms with E-state index in [1.807, 2.05) is 13.8 Å². The lowest BCUT2D eigenvalue weighted by Gasteiger charge is -2.05. The lowest BCUT2D eigenvalue weighted by Crippen LogP contribution is -2.08. The summed E-state index contributed by atoms with van der Waals surface area (Å²) >= 11 is 0. The molecule has 0 spiro atoms. The molecule has 0 aliphatic rings. The Balaban J connectivity index is 4.41. The summed E-state index contributed by atoms with van der Waals surface area (Å²) in [5, 5.41) is 16.5. The molecule has 0 radical (unpaired) electrons. The predicted molar refractivity (Wildman–Crippen MR) is 48.5 cm³/mol. The Morgan fingerprint density at radius 2 is 2.00 bits per heavy atom. The van der Waals surface area contributed by atoms with Gasteiger partial charge in [0.15, 0.2) is 0 Å². The van der Waals surface area contributed by atoms with Crippen molar-refractivity contribution in [2.75, 3.05) is 0 Å². The van der Waals surface area contributed by atoms with Gasteiger partial charge in [-0.05, 0) is 18.8 Å². The molecule has 5 heteroatoms. The van der Waals surface area contributed by atoms with Gasteiger partial charge in [0.1, 0.15) is 0 Å². The van der Waals surface area contributed by atoms with Gasteiger partial charge in [-0.15, -0.1) is 0 Å². The normalized spacial score (nSPS) is 11.6. The number of carbonyl (C=O) groups excluding carboxylic acids is 1. The number of rotatable bonds is 5. The third-order valence-electron chi connectivity index (χ3n) is 1.63. The average Bonchev–Trinajstić information content (AvgIpc) is 2.10. The van der Waals surface area contributed by atoms with Crippen molar-refractivity contribution in [1.82, 2.24) is 0 Å². The molecule has 0 saturated carbocycles. The molecule has 0 rings (SSSR count). The second-order valence-corrected chi connectivity index (χ2v) is 3.32. The van der Waals surface area contributed by atoms with Crippen molar-refractivity contribution in [2.45, 2.75) is 26.7 Å². The summed E-state index contributed by atoms with van der Waals surface area (Å²) in [6, 6.07) is 0. The summed E-state index contributed by atoms with van der Waals surface area (Å²) in [5.74, 6) is -1.89. The quantitative estimate of drug-likeness (QED) is 0.400. The van der Waals surface area contributed by atoms with Gasteiger partial charge in [-0.1, -0.05) is 13.8 Å². The Morgan fingerprint density at radius 3 is 2.36 bits per heavy atom.